The van der Waals surface area contributed by atoms with Crippen LogP contribution in [0.15, 0.2) is 30.3 Å². The number of rotatable bonds is 5. The van der Waals surface area contributed by atoms with Gasteiger partial charge in [-0.05, 0) is 43.2 Å². The van der Waals surface area contributed by atoms with Crippen LogP contribution in [0.5, 0.6) is 0 Å². The first-order valence-corrected chi connectivity index (χ1v) is 8.43. The van der Waals surface area contributed by atoms with Crippen molar-refractivity contribution in [1.29, 1.82) is 0 Å². The second-order valence-electron chi connectivity index (χ2n) is 6.66. The zero-order chi connectivity index (χ0) is 15.4. The summed E-state index contributed by atoms with van der Waals surface area (Å²) in [4.78, 5) is 12.1. The fourth-order valence-electron chi connectivity index (χ4n) is 3.95. The maximum atomic E-state index is 12.1. The van der Waals surface area contributed by atoms with Crippen LogP contribution < -0.4 is 11.1 Å². The monoisotopic (exact) mass is 338 g/mol. The van der Waals surface area contributed by atoms with Gasteiger partial charge in [-0.1, -0.05) is 43.2 Å². The molecule has 3 N–H and O–H groups in total. The van der Waals surface area contributed by atoms with Crippen molar-refractivity contribution < 1.29 is 9.53 Å². The fourth-order valence-corrected chi connectivity index (χ4v) is 3.95. The average Bonchev–Trinajstić information content (AvgIpc) is 2.97. The Morgan fingerprint density at radius 2 is 2.00 bits per heavy atom. The van der Waals surface area contributed by atoms with Gasteiger partial charge in [0.15, 0.2) is 0 Å². The maximum Gasteiger partial charge on any atom is 0.323 e. The molecule has 0 bridgehead atoms. The second kappa shape index (κ2) is 8.67. The van der Waals surface area contributed by atoms with Crippen molar-refractivity contribution in [3.63, 3.8) is 0 Å². The van der Waals surface area contributed by atoms with Crippen molar-refractivity contribution in [2.75, 3.05) is 6.54 Å². The van der Waals surface area contributed by atoms with Gasteiger partial charge >= 0.3 is 5.97 Å². The summed E-state index contributed by atoms with van der Waals surface area (Å²) in [6.07, 6.45) is 5.92. The first-order chi connectivity index (χ1) is 10.7. The van der Waals surface area contributed by atoms with Crippen LogP contribution >= 0.6 is 12.4 Å². The standard InChI is InChI=1S/C18H26N2O2.ClH/c19-16(18(21)22-12-13-6-2-1-3-7-13)10-14-11-20-17-9-5-4-8-15(14)17;/h1-3,6-7,14-17,20H,4-5,8-12,19H2;1H. The van der Waals surface area contributed by atoms with E-state index in [9.17, 15) is 4.79 Å². The Bertz CT molecular complexity index is 497. The predicted octanol–water partition coefficient (Wildman–Crippen LogP) is 2.65. The Hall–Kier alpha value is -1.10. The largest absolute Gasteiger partial charge is 0.460 e. The van der Waals surface area contributed by atoms with Crippen LogP contribution in [0.1, 0.15) is 37.7 Å². The third kappa shape index (κ3) is 4.69. The van der Waals surface area contributed by atoms with E-state index >= 15 is 0 Å². The zero-order valence-electron chi connectivity index (χ0n) is 13.4. The minimum atomic E-state index is -0.504. The Labute approximate surface area is 144 Å². The number of nitrogens with one attached hydrogen (secondary N) is 1. The molecule has 3 rings (SSSR count). The number of ether oxygens (including phenoxy) is 1. The zero-order valence-corrected chi connectivity index (χ0v) is 14.3. The molecule has 1 heterocycles. The summed E-state index contributed by atoms with van der Waals surface area (Å²) in [5, 5.41) is 3.60. The van der Waals surface area contributed by atoms with E-state index < -0.39 is 6.04 Å². The van der Waals surface area contributed by atoms with Gasteiger partial charge in [-0.15, -0.1) is 12.4 Å². The van der Waals surface area contributed by atoms with Crippen molar-refractivity contribution in [3.05, 3.63) is 35.9 Å². The molecule has 5 heteroatoms. The molecule has 0 aromatic heterocycles. The molecule has 1 aromatic rings. The number of hydrogen-bond donors (Lipinski definition) is 2. The van der Waals surface area contributed by atoms with E-state index in [1.165, 1.54) is 25.7 Å². The molecule has 2 fully saturated rings. The second-order valence-corrected chi connectivity index (χ2v) is 6.66. The quantitative estimate of drug-likeness (QED) is 0.810. The Morgan fingerprint density at radius 1 is 1.26 bits per heavy atom. The highest BCUT2D eigenvalue weighted by atomic mass is 35.5. The normalized spacial score (nSPS) is 27.6. The summed E-state index contributed by atoms with van der Waals surface area (Å²) in [6.45, 7) is 1.30. The summed E-state index contributed by atoms with van der Waals surface area (Å²) < 4.78 is 5.35. The number of nitrogens with two attached hydrogens (primary N) is 1. The first kappa shape index (κ1) is 18.2. The van der Waals surface area contributed by atoms with Crippen molar-refractivity contribution in [3.8, 4) is 0 Å². The van der Waals surface area contributed by atoms with Crippen LogP contribution in [0.2, 0.25) is 0 Å². The highest BCUT2D eigenvalue weighted by Gasteiger charge is 2.38. The van der Waals surface area contributed by atoms with Gasteiger partial charge in [-0.25, -0.2) is 0 Å². The Morgan fingerprint density at radius 3 is 2.78 bits per heavy atom. The van der Waals surface area contributed by atoms with E-state index in [0.717, 1.165) is 18.5 Å². The van der Waals surface area contributed by atoms with Crippen LogP contribution in [0.25, 0.3) is 0 Å². The van der Waals surface area contributed by atoms with Gasteiger partial charge in [0.2, 0.25) is 0 Å². The summed E-state index contributed by atoms with van der Waals surface area (Å²) in [7, 11) is 0. The van der Waals surface area contributed by atoms with E-state index in [4.69, 9.17) is 10.5 Å². The van der Waals surface area contributed by atoms with E-state index in [0.29, 0.717) is 24.5 Å². The molecule has 1 aromatic carbocycles. The SMILES string of the molecule is Cl.NC(CC1CNC2CCCCC12)C(=O)OCc1ccccc1. The number of carbonyl (C=O) groups excluding carboxylic acids is 1. The molecular formula is C18H27ClN2O2. The van der Waals surface area contributed by atoms with Crippen LogP contribution in [-0.4, -0.2) is 24.6 Å². The number of hydrogen-bond acceptors (Lipinski definition) is 4. The molecule has 1 aliphatic heterocycles. The number of halogens is 1. The van der Waals surface area contributed by atoms with Crippen molar-refractivity contribution in [1.82, 2.24) is 5.32 Å². The third-order valence-corrected chi connectivity index (χ3v) is 5.15. The van der Waals surface area contributed by atoms with E-state index in [1.54, 1.807) is 0 Å². The van der Waals surface area contributed by atoms with Crippen LogP contribution in [-0.2, 0) is 16.1 Å². The van der Waals surface area contributed by atoms with Gasteiger partial charge in [0.05, 0.1) is 0 Å². The van der Waals surface area contributed by atoms with E-state index in [-0.39, 0.29) is 18.4 Å². The number of fused-ring (bicyclic) bond motifs is 1. The summed E-state index contributed by atoms with van der Waals surface area (Å²) in [5.74, 6) is 0.939. The minimum absolute atomic E-state index is 0. The molecule has 4 unspecified atom stereocenters. The summed E-state index contributed by atoms with van der Waals surface area (Å²) in [6, 6.07) is 9.87. The summed E-state index contributed by atoms with van der Waals surface area (Å²) in [5.41, 5.74) is 7.08. The lowest BCUT2D eigenvalue weighted by molar-refractivity contribution is -0.147. The van der Waals surface area contributed by atoms with Gasteiger partial charge in [-0.3, -0.25) is 4.79 Å². The molecule has 1 aliphatic carbocycles. The van der Waals surface area contributed by atoms with Gasteiger partial charge in [0.1, 0.15) is 12.6 Å². The average molecular weight is 339 g/mol. The topological polar surface area (TPSA) is 64.3 Å². The molecule has 0 spiro atoms. The van der Waals surface area contributed by atoms with E-state index in [2.05, 4.69) is 5.32 Å². The molecule has 128 valence electrons. The molecule has 0 amide bonds. The van der Waals surface area contributed by atoms with Gasteiger partial charge in [0, 0.05) is 6.04 Å². The predicted molar refractivity (Wildman–Crippen MR) is 93.3 cm³/mol. The molecule has 1 saturated heterocycles. The molecule has 4 atom stereocenters. The number of benzene rings is 1. The van der Waals surface area contributed by atoms with Crippen molar-refractivity contribution in [2.24, 2.45) is 17.6 Å². The lowest BCUT2D eigenvalue weighted by Crippen LogP contribution is -2.36. The fraction of sp³-hybridized carbons (Fsp3) is 0.611. The lowest BCUT2D eigenvalue weighted by atomic mass is 9.78. The molecule has 0 radical (unpaired) electrons. The molecule has 4 nitrogen and oxygen atoms in total. The summed E-state index contributed by atoms with van der Waals surface area (Å²) >= 11 is 0. The highest BCUT2D eigenvalue weighted by molar-refractivity contribution is 5.85. The maximum absolute atomic E-state index is 12.1. The first-order valence-electron chi connectivity index (χ1n) is 8.43. The van der Waals surface area contributed by atoms with Gasteiger partial charge in [0.25, 0.3) is 0 Å². The van der Waals surface area contributed by atoms with Gasteiger partial charge in [-0.2, -0.15) is 0 Å². The number of carbonyl (C=O) groups is 1. The Balaban J connectivity index is 0.00000192. The minimum Gasteiger partial charge on any atom is -0.460 e. The van der Waals surface area contributed by atoms with Crippen molar-refractivity contribution in [2.45, 2.75) is 50.8 Å². The Kier molecular flexibility index (Phi) is 6.88. The third-order valence-electron chi connectivity index (χ3n) is 5.15. The molecule has 23 heavy (non-hydrogen) atoms. The smallest absolute Gasteiger partial charge is 0.323 e. The van der Waals surface area contributed by atoms with Crippen LogP contribution in [0.3, 0.4) is 0 Å². The van der Waals surface area contributed by atoms with Crippen LogP contribution in [0.4, 0.5) is 0 Å². The highest BCUT2D eigenvalue weighted by Crippen LogP contribution is 2.36. The molecular weight excluding hydrogens is 312 g/mol. The molecule has 1 saturated carbocycles. The van der Waals surface area contributed by atoms with Crippen LogP contribution in [0, 0.1) is 11.8 Å². The lowest BCUT2D eigenvalue weighted by Gasteiger charge is -2.29. The molecule has 2 aliphatic rings. The van der Waals surface area contributed by atoms with Crippen molar-refractivity contribution >= 4 is 18.4 Å². The van der Waals surface area contributed by atoms with E-state index in [1.807, 2.05) is 30.3 Å². The van der Waals surface area contributed by atoms with Gasteiger partial charge < -0.3 is 15.8 Å². The number of esters is 1.